The number of carbonyl (C=O) groups excluding carboxylic acids is 1. The van der Waals surface area contributed by atoms with Crippen molar-refractivity contribution in [3.63, 3.8) is 0 Å². The monoisotopic (exact) mass is 442 g/mol. The second-order valence-electron chi connectivity index (χ2n) is 9.06. The van der Waals surface area contributed by atoms with Crippen LogP contribution in [0.4, 0.5) is 0 Å². The van der Waals surface area contributed by atoms with E-state index >= 15 is 0 Å². The summed E-state index contributed by atoms with van der Waals surface area (Å²) in [5, 5.41) is 11.5. The lowest BCUT2D eigenvalue weighted by atomic mass is 9.78. The molecule has 3 aromatic rings. The number of aliphatic hydroxyl groups is 1. The minimum Gasteiger partial charge on any atom is -0.385 e. The van der Waals surface area contributed by atoms with Crippen molar-refractivity contribution in [2.75, 3.05) is 0 Å². The minimum atomic E-state index is -0.847. The highest BCUT2D eigenvalue weighted by Crippen LogP contribution is 2.44. The van der Waals surface area contributed by atoms with Crippen molar-refractivity contribution in [1.82, 2.24) is 0 Å². The van der Waals surface area contributed by atoms with Gasteiger partial charge in [-0.25, -0.2) is 0 Å². The van der Waals surface area contributed by atoms with Crippen LogP contribution in [0.5, 0.6) is 0 Å². The summed E-state index contributed by atoms with van der Waals surface area (Å²) in [6.07, 6.45) is 2.76. The van der Waals surface area contributed by atoms with E-state index in [0.717, 1.165) is 42.4 Å². The van der Waals surface area contributed by atoms with Crippen LogP contribution in [-0.2, 0) is 9.53 Å². The van der Waals surface area contributed by atoms with E-state index in [2.05, 4.69) is 6.92 Å². The molecule has 0 bridgehead atoms. The Morgan fingerprint density at radius 3 is 1.94 bits per heavy atom. The molecule has 0 aliphatic heterocycles. The van der Waals surface area contributed by atoms with E-state index in [9.17, 15) is 9.90 Å². The highest BCUT2D eigenvalue weighted by molar-refractivity contribution is 5.82. The van der Waals surface area contributed by atoms with Crippen LogP contribution in [0.1, 0.15) is 74.0 Å². The van der Waals surface area contributed by atoms with Gasteiger partial charge >= 0.3 is 0 Å². The van der Waals surface area contributed by atoms with Crippen molar-refractivity contribution in [2.24, 2.45) is 11.8 Å². The zero-order valence-corrected chi connectivity index (χ0v) is 19.3. The van der Waals surface area contributed by atoms with Crippen molar-refractivity contribution in [1.29, 1.82) is 0 Å². The molecule has 0 spiro atoms. The third-order valence-electron chi connectivity index (χ3n) is 6.96. The Labute approximate surface area is 197 Å². The standard InChI is InChI=1S/C30H34O3/c1-2-22-14-12-13-21-26(31)27(22)29(24-17-8-4-9-18-24)33-30(25-19-10-5-11-20-25)28(32)23-15-6-3-7-16-23/h3-11,15-20,22,27-30,32H,2,12-14,21H2,1H3/t22-,27+,28-,29-,30-/m1/s1. The molecule has 4 rings (SSSR count). The molecule has 3 nitrogen and oxygen atoms in total. The number of Topliss-reactive ketones (excluding diaryl/α,β-unsaturated/α-hetero) is 1. The summed E-state index contributed by atoms with van der Waals surface area (Å²) in [7, 11) is 0. The van der Waals surface area contributed by atoms with Gasteiger partial charge in [-0.2, -0.15) is 0 Å². The van der Waals surface area contributed by atoms with E-state index in [1.54, 1.807) is 0 Å². The van der Waals surface area contributed by atoms with Crippen molar-refractivity contribution in [2.45, 2.75) is 57.3 Å². The molecular weight excluding hydrogens is 408 g/mol. The molecule has 0 aromatic heterocycles. The van der Waals surface area contributed by atoms with Crippen LogP contribution in [0.25, 0.3) is 0 Å². The smallest absolute Gasteiger partial charge is 0.139 e. The van der Waals surface area contributed by atoms with Gasteiger partial charge in [0.2, 0.25) is 0 Å². The van der Waals surface area contributed by atoms with Crippen LogP contribution in [-0.4, -0.2) is 10.9 Å². The van der Waals surface area contributed by atoms with Gasteiger partial charge in [0.15, 0.2) is 0 Å². The third-order valence-corrected chi connectivity index (χ3v) is 6.96. The molecule has 0 saturated heterocycles. The van der Waals surface area contributed by atoms with E-state index in [1.807, 2.05) is 91.0 Å². The Balaban J connectivity index is 1.77. The zero-order valence-electron chi connectivity index (χ0n) is 19.3. The molecule has 0 heterocycles. The predicted octanol–water partition coefficient (Wildman–Crippen LogP) is 7.00. The van der Waals surface area contributed by atoms with Crippen molar-refractivity contribution in [3.05, 3.63) is 108 Å². The van der Waals surface area contributed by atoms with E-state index in [4.69, 9.17) is 4.74 Å². The molecule has 3 aromatic carbocycles. The van der Waals surface area contributed by atoms with Crippen LogP contribution in [0.2, 0.25) is 0 Å². The van der Waals surface area contributed by atoms with E-state index < -0.39 is 18.3 Å². The molecule has 1 fully saturated rings. The second-order valence-corrected chi connectivity index (χ2v) is 9.06. The summed E-state index contributed by atoms with van der Waals surface area (Å²) < 4.78 is 6.87. The lowest BCUT2D eigenvalue weighted by molar-refractivity contribution is -0.142. The summed E-state index contributed by atoms with van der Waals surface area (Å²) in [5.74, 6) is 0.346. The van der Waals surface area contributed by atoms with Gasteiger partial charge in [-0.3, -0.25) is 4.79 Å². The third kappa shape index (κ3) is 5.61. The first-order chi connectivity index (χ1) is 16.2. The summed E-state index contributed by atoms with van der Waals surface area (Å²) in [6, 6.07) is 29.6. The number of ketones is 1. The van der Waals surface area contributed by atoms with Gasteiger partial charge in [0.05, 0.1) is 12.0 Å². The number of carbonyl (C=O) groups is 1. The van der Waals surface area contributed by atoms with E-state index in [1.165, 1.54) is 0 Å². The lowest BCUT2D eigenvalue weighted by Gasteiger charge is -2.36. The van der Waals surface area contributed by atoms with Gasteiger partial charge < -0.3 is 9.84 Å². The molecule has 1 aliphatic carbocycles. The number of benzene rings is 3. The molecule has 33 heavy (non-hydrogen) atoms. The SMILES string of the molecule is CC[C@@H]1CCCCC(=O)[C@H]1[C@H](O[C@H](c1ccccc1)[C@H](O)c1ccccc1)c1ccccc1. The van der Waals surface area contributed by atoms with Gasteiger partial charge in [0.25, 0.3) is 0 Å². The van der Waals surface area contributed by atoms with Crippen molar-refractivity contribution in [3.8, 4) is 0 Å². The Bertz CT molecular complexity index is 987. The maximum atomic E-state index is 13.4. The highest BCUT2D eigenvalue weighted by Gasteiger charge is 2.39. The Morgan fingerprint density at radius 1 is 0.818 bits per heavy atom. The van der Waals surface area contributed by atoms with Gasteiger partial charge in [0.1, 0.15) is 18.0 Å². The fraction of sp³-hybridized carbons (Fsp3) is 0.367. The minimum absolute atomic E-state index is 0.214. The van der Waals surface area contributed by atoms with E-state index in [0.29, 0.717) is 6.42 Å². The number of hydrogen-bond acceptors (Lipinski definition) is 3. The fourth-order valence-electron chi connectivity index (χ4n) is 5.16. The molecule has 5 atom stereocenters. The Hall–Kier alpha value is -2.75. The summed E-state index contributed by atoms with van der Waals surface area (Å²) in [5.41, 5.74) is 2.71. The molecule has 0 unspecified atom stereocenters. The molecule has 0 radical (unpaired) electrons. The van der Waals surface area contributed by atoms with Crippen molar-refractivity contribution < 1.29 is 14.6 Å². The first kappa shape index (κ1) is 23.4. The van der Waals surface area contributed by atoms with Gasteiger partial charge in [-0.1, -0.05) is 111 Å². The highest BCUT2D eigenvalue weighted by atomic mass is 16.5. The molecule has 1 N–H and O–H groups in total. The largest absolute Gasteiger partial charge is 0.385 e. The predicted molar refractivity (Wildman–Crippen MR) is 132 cm³/mol. The van der Waals surface area contributed by atoms with Crippen LogP contribution in [0, 0.1) is 11.8 Å². The van der Waals surface area contributed by atoms with Gasteiger partial charge in [0, 0.05) is 6.42 Å². The normalized spacial score (nSPS) is 21.7. The average Bonchev–Trinajstić information content (AvgIpc) is 3.07. The number of hydrogen-bond donors (Lipinski definition) is 1. The zero-order chi connectivity index (χ0) is 23.0. The van der Waals surface area contributed by atoms with Gasteiger partial charge in [-0.15, -0.1) is 0 Å². The first-order valence-electron chi connectivity index (χ1n) is 12.2. The lowest BCUT2D eigenvalue weighted by Crippen LogP contribution is -2.32. The summed E-state index contributed by atoms with van der Waals surface area (Å²) in [4.78, 5) is 13.4. The number of rotatable bonds is 8. The van der Waals surface area contributed by atoms with Crippen LogP contribution in [0.15, 0.2) is 91.0 Å². The molecular formula is C30H34O3. The van der Waals surface area contributed by atoms with E-state index in [-0.39, 0.29) is 17.6 Å². The maximum Gasteiger partial charge on any atom is 0.139 e. The molecule has 0 amide bonds. The Kier molecular flexibility index (Phi) is 8.09. The van der Waals surface area contributed by atoms with Gasteiger partial charge in [-0.05, 0) is 35.4 Å². The van der Waals surface area contributed by atoms with Crippen LogP contribution >= 0.6 is 0 Å². The molecule has 3 heteroatoms. The second kappa shape index (κ2) is 11.4. The van der Waals surface area contributed by atoms with Crippen LogP contribution in [0.3, 0.4) is 0 Å². The van der Waals surface area contributed by atoms with Crippen molar-refractivity contribution >= 4 is 5.78 Å². The molecule has 1 aliphatic rings. The number of ether oxygens (including phenoxy) is 1. The first-order valence-corrected chi connectivity index (χ1v) is 12.2. The molecule has 172 valence electrons. The molecule has 1 saturated carbocycles. The number of aliphatic hydroxyl groups excluding tert-OH is 1. The summed E-state index contributed by atoms with van der Waals surface area (Å²) >= 11 is 0. The Morgan fingerprint density at radius 2 is 1.36 bits per heavy atom. The maximum absolute atomic E-state index is 13.4. The topological polar surface area (TPSA) is 46.5 Å². The quantitative estimate of drug-likeness (QED) is 0.382. The van der Waals surface area contributed by atoms with Crippen LogP contribution < -0.4 is 0 Å². The fourth-order valence-corrected chi connectivity index (χ4v) is 5.16. The summed E-state index contributed by atoms with van der Waals surface area (Å²) in [6.45, 7) is 2.17. The average molecular weight is 443 g/mol.